The lowest BCUT2D eigenvalue weighted by Gasteiger charge is -2.50. The Morgan fingerprint density at radius 3 is 2.27 bits per heavy atom. The number of nitrogens with zero attached hydrogens (tertiary/aromatic N) is 3. The second-order valence-corrected chi connectivity index (χ2v) is 9.39. The first-order chi connectivity index (χ1) is 12.4. The second kappa shape index (κ2) is 8.57. The van der Waals surface area contributed by atoms with Gasteiger partial charge in [-0.3, -0.25) is 9.69 Å². The number of rotatable bonds is 4. The number of hydrogen-bond donors (Lipinski definition) is 0. The van der Waals surface area contributed by atoms with Gasteiger partial charge in [-0.05, 0) is 31.6 Å². The molecule has 0 aromatic rings. The molecule has 3 aliphatic heterocycles. The Hall–Kier alpha value is -0.650. The van der Waals surface area contributed by atoms with E-state index in [1.807, 2.05) is 18.7 Å². The summed E-state index contributed by atoms with van der Waals surface area (Å²) >= 11 is 0. The van der Waals surface area contributed by atoms with E-state index in [1.54, 1.807) is 0 Å². The minimum atomic E-state index is 0.0196. The number of amides is 1. The lowest BCUT2D eigenvalue weighted by Crippen LogP contribution is -2.57. The molecular formula is C21H39N3O2. The fourth-order valence-electron chi connectivity index (χ4n) is 4.99. The van der Waals surface area contributed by atoms with E-state index in [1.165, 1.54) is 39.1 Å². The van der Waals surface area contributed by atoms with Crippen LogP contribution >= 0.6 is 0 Å². The van der Waals surface area contributed by atoms with Crippen molar-refractivity contribution in [1.82, 2.24) is 14.7 Å². The van der Waals surface area contributed by atoms with Gasteiger partial charge in [0.15, 0.2) is 0 Å². The van der Waals surface area contributed by atoms with Gasteiger partial charge in [0.2, 0.25) is 5.91 Å². The smallest absolute Gasteiger partial charge is 0.225 e. The molecule has 1 atom stereocenters. The van der Waals surface area contributed by atoms with Crippen LogP contribution in [0.4, 0.5) is 0 Å². The van der Waals surface area contributed by atoms with Crippen molar-refractivity contribution in [3.63, 3.8) is 0 Å². The zero-order valence-corrected chi connectivity index (χ0v) is 17.4. The van der Waals surface area contributed by atoms with Crippen LogP contribution in [0.1, 0.15) is 53.4 Å². The predicted molar refractivity (Wildman–Crippen MR) is 105 cm³/mol. The number of hydrogen-bond acceptors (Lipinski definition) is 4. The van der Waals surface area contributed by atoms with Crippen molar-refractivity contribution in [2.45, 2.75) is 65.0 Å². The third kappa shape index (κ3) is 4.79. The number of likely N-dealkylation sites (tertiary alicyclic amines) is 1. The Kier molecular flexibility index (Phi) is 6.63. The maximum Gasteiger partial charge on any atom is 0.225 e. The maximum absolute atomic E-state index is 12.3. The van der Waals surface area contributed by atoms with Crippen LogP contribution in [0.5, 0.6) is 0 Å². The summed E-state index contributed by atoms with van der Waals surface area (Å²) in [6, 6.07) is 0.664. The monoisotopic (exact) mass is 365 g/mol. The van der Waals surface area contributed by atoms with Gasteiger partial charge in [0.05, 0.1) is 5.60 Å². The first-order valence-electron chi connectivity index (χ1n) is 10.8. The molecule has 0 aromatic carbocycles. The van der Waals surface area contributed by atoms with E-state index in [-0.39, 0.29) is 11.5 Å². The summed E-state index contributed by atoms with van der Waals surface area (Å²) in [5.74, 6) is 1.16. The highest BCUT2D eigenvalue weighted by molar-refractivity contribution is 5.78. The lowest BCUT2D eigenvalue weighted by molar-refractivity contribution is -0.152. The lowest BCUT2D eigenvalue weighted by atomic mass is 9.81. The van der Waals surface area contributed by atoms with Gasteiger partial charge in [0.1, 0.15) is 0 Å². The minimum Gasteiger partial charge on any atom is -0.375 e. The van der Waals surface area contributed by atoms with E-state index >= 15 is 0 Å². The largest absolute Gasteiger partial charge is 0.375 e. The molecule has 1 spiro atoms. The van der Waals surface area contributed by atoms with Gasteiger partial charge < -0.3 is 14.5 Å². The molecule has 0 aliphatic carbocycles. The molecule has 3 saturated heterocycles. The Morgan fingerprint density at radius 2 is 1.69 bits per heavy atom. The van der Waals surface area contributed by atoms with Crippen molar-refractivity contribution in [3.05, 3.63) is 0 Å². The third-order valence-electron chi connectivity index (χ3n) is 6.49. The van der Waals surface area contributed by atoms with E-state index in [9.17, 15) is 4.79 Å². The van der Waals surface area contributed by atoms with Crippen LogP contribution in [-0.2, 0) is 9.53 Å². The Morgan fingerprint density at radius 1 is 1.04 bits per heavy atom. The van der Waals surface area contributed by atoms with Gasteiger partial charge in [-0.2, -0.15) is 0 Å². The average molecular weight is 366 g/mol. The van der Waals surface area contributed by atoms with Crippen molar-refractivity contribution in [3.8, 4) is 0 Å². The quantitative estimate of drug-likeness (QED) is 0.767. The van der Waals surface area contributed by atoms with Crippen molar-refractivity contribution < 1.29 is 9.53 Å². The molecule has 5 heteroatoms. The fraction of sp³-hybridized carbons (Fsp3) is 0.952. The maximum atomic E-state index is 12.3. The van der Waals surface area contributed by atoms with Crippen molar-refractivity contribution in [1.29, 1.82) is 0 Å². The molecule has 0 saturated carbocycles. The molecule has 0 N–H and O–H groups in total. The van der Waals surface area contributed by atoms with Crippen LogP contribution in [0.2, 0.25) is 0 Å². The van der Waals surface area contributed by atoms with Crippen LogP contribution in [0.15, 0.2) is 0 Å². The van der Waals surface area contributed by atoms with Crippen LogP contribution in [0.3, 0.4) is 0 Å². The molecular weight excluding hydrogens is 326 g/mol. The molecule has 0 radical (unpaired) electrons. The molecule has 150 valence electrons. The van der Waals surface area contributed by atoms with Crippen molar-refractivity contribution >= 4 is 5.91 Å². The van der Waals surface area contributed by atoms with E-state index in [4.69, 9.17) is 4.74 Å². The molecule has 5 nitrogen and oxygen atoms in total. The Balaban J connectivity index is 1.50. The van der Waals surface area contributed by atoms with Crippen molar-refractivity contribution in [2.75, 3.05) is 52.4 Å². The summed E-state index contributed by atoms with van der Waals surface area (Å²) in [5.41, 5.74) is 0.0196. The van der Waals surface area contributed by atoms with Gasteiger partial charge in [-0.25, -0.2) is 0 Å². The third-order valence-corrected chi connectivity index (χ3v) is 6.49. The number of piperidine rings is 1. The van der Waals surface area contributed by atoms with Crippen LogP contribution < -0.4 is 0 Å². The summed E-state index contributed by atoms with van der Waals surface area (Å²) in [6.45, 7) is 17.3. The number of ether oxygens (including phenoxy) is 1. The summed E-state index contributed by atoms with van der Waals surface area (Å²) in [4.78, 5) is 19.6. The second-order valence-electron chi connectivity index (χ2n) is 9.39. The van der Waals surface area contributed by atoms with E-state index in [0.717, 1.165) is 44.9 Å². The highest BCUT2D eigenvalue weighted by Crippen LogP contribution is 2.37. The molecule has 0 bridgehead atoms. The normalized spacial score (nSPS) is 28.2. The molecule has 0 unspecified atom stereocenters. The Labute approximate surface area is 160 Å². The van der Waals surface area contributed by atoms with Gasteiger partial charge in [0, 0.05) is 64.4 Å². The average Bonchev–Trinajstić information content (AvgIpc) is 2.62. The zero-order valence-electron chi connectivity index (χ0n) is 17.4. The first-order valence-corrected chi connectivity index (χ1v) is 10.8. The van der Waals surface area contributed by atoms with Crippen LogP contribution in [0.25, 0.3) is 0 Å². The standard InChI is InChI=1S/C21H39N3O2/c1-17(2)16-22-10-12-23(13-11-22)19-5-14-26-21(15-19)6-8-24(9-7-21)20(25)18(3)4/h17-19H,5-16H2,1-4H3/t19-/m0/s1. The highest BCUT2D eigenvalue weighted by atomic mass is 16.5. The van der Waals surface area contributed by atoms with Gasteiger partial charge in [-0.15, -0.1) is 0 Å². The predicted octanol–water partition coefficient (Wildman–Crippen LogP) is 2.46. The number of piperazine rings is 1. The molecule has 3 aliphatic rings. The number of carbonyl (C=O) groups excluding carboxylic acids is 1. The van der Waals surface area contributed by atoms with E-state index < -0.39 is 0 Å². The molecule has 3 heterocycles. The minimum absolute atomic E-state index is 0.0196. The molecule has 3 fully saturated rings. The molecule has 0 aromatic heterocycles. The van der Waals surface area contributed by atoms with Gasteiger partial charge in [-0.1, -0.05) is 27.7 Å². The van der Waals surface area contributed by atoms with Crippen molar-refractivity contribution in [2.24, 2.45) is 11.8 Å². The van der Waals surface area contributed by atoms with Gasteiger partial charge >= 0.3 is 0 Å². The Bertz CT molecular complexity index is 464. The summed E-state index contributed by atoms with van der Waals surface area (Å²) < 4.78 is 6.31. The first kappa shape index (κ1) is 20.1. The molecule has 1 amide bonds. The van der Waals surface area contributed by atoms with Crippen LogP contribution in [0, 0.1) is 11.8 Å². The van der Waals surface area contributed by atoms with E-state index in [2.05, 4.69) is 23.6 Å². The number of carbonyl (C=O) groups is 1. The SMILES string of the molecule is CC(C)CN1CCN([C@H]2CCOC3(CCN(C(=O)C(C)C)CC3)C2)CC1. The van der Waals surface area contributed by atoms with E-state index in [0.29, 0.717) is 11.9 Å². The highest BCUT2D eigenvalue weighted by Gasteiger charge is 2.43. The summed E-state index contributed by atoms with van der Waals surface area (Å²) in [5, 5.41) is 0. The topological polar surface area (TPSA) is 36.0 Å². The zero-order chi connectivity index (χ0) is 18.7. The fourth-order valence-corrected chi connectivity index (χ4v) is 4.99. The molecule has 26 heavy (non-hydrogen) atoms. The van der Waals surface area contributed by atoms with Gasteiger partial charge in [0.25, 0.3) is 0 Å². The van der Waals surface area contributed by atoms with Crippen LogP contribution in [-0.4, -0.2) is 84.7 Å². The summed E-state index contributed by atoms with van der Waals surface area (Å²) in [7, 11) is 0. The summed E-state index contributed by atoms with van der Waals surface area (Å²) in [6.07, 6.45) is 4.34. The molecule has 3 rings (SSSR count).